The Morgan fingerprint density at radius 2 is 1.88 bits per heavy atom. The molecule has 0 bridgehead atoms. The highest BCUT2D eigenvalue weighted by Crippen LogP contribution is 2.25. The van der Waals surface area contributed by atoms with Gasteiger partial charge in [-0.1, -0.05) is 0 Å². The predicted octanol–water partition coefficient (Wildman–Crippen LogP) is 1.89. The topological polar surface area (TPSA) is 58.4 Å². The number of amides is 2. The lowest BCUT2D eigenvalue weighted by Crippen LogP contribution is -2.53. The molecule has 0 aliphatic carbocycles. The number of aryl methyl sites for hydroxylation is 2. The number of carbonyl (C=O) groups is 2. The van der Waals surface area contributed by atoms with Gasteiger partial charge in [0.2, 0.25) is 11.8 Å². The molecule has 1 aromatic rings. The maximum Gasteiger partial charge on any atom is 0.245 e. The lowest BCUT2D eigenvalue weighted by molar-refractivity contribution is -0.145. The van der Waals surface area contributed by atoms with Gasteiger partial charge >= 0.3 is 0 Å². The Hall–Kier alpha value is -1.85. The average Bonchev–Trinajstić information content (AvgIpc) is 3.14. The lowest BCUT2D eigenvalue weighted by atomic mass is 10.00. The Morgan fingerprint density at radius 3 is 2.54 bits per heavy atom. The van der Waals surface area contributed by atoms with Crippen LogP contribution in [0.2, 0.25) is 0 Å². The van der Waals surface area contributed by atoms with Crippen molar-refractivity contribution in [3.05, 3.63) is 17.5 Å². The first-order valence-corrected chi connectivity index (χ1v) is 9.06. The number of hydrogen-bond donors (Lipinski definition) is 0. The molecule has 0 unspecified atom stereocenters. The number of rotatable bonds is 3. The SMILES string of the molecule is CC(=O)N1CCC[C@@H]1C(=O)N1CCCC[C@H]1Cn1nc(C)cc1C. The highest BCUT2D eigenvalue weighted by molar-refractivity contribution is 5.87. The van der Waals surface area contributed by atoms with Gasteiger partial charge in [-0.2, -0.15) is 5.10 Å². The van der Waals surface area contributed by atoms with E-state index in [0.717, 1.165) is 56.6 Å². The van der Waals surface area contributed by atoms with Crippen LogP contribution in [-0.2, 0) is 16.1 Å². The largest absolute Gasteiger partial charge is 0.336 e. The van der Waals surface area contributed by atoms with Crippen molar-refractivity contribution in [2.45, 2.75) is 71.5 Å². The zero-order valence-electron chi connectivity index (χ0n) is 15.0. The molecule has 6 heteroatoms. The van der Waals surface area contributed by atoms with Crippen molar-refractivity contribution < 1.29 is 9.59 Å². The highest BCUT2D eigenvalue weighted by atomic mass is 16.2. The Morgan fingerprint density at radius 1 is 1.12 bits per heavy atom. The highest BCUT2D eigenvalue weighted by Gasteiger charge is 2.38. The molecule has 2 fully saturated rings. The summed E-state index contributed by atoms with van der Waals surface area (Å²) in [5.41, 5.74) is 2.15. The average molecular weight is 332 g/mol. The summed E-state index contributed by atoms with van der Waals surface area (Å²) in [4.78, 5) is 28.7. The summed E-state index contributed by atoms with van der Waals surface area (Å²) in [5.74, 6) is 0.145. The van der Waals surface area contributed by atoms with Crippen molar-refractivity contribution >= 4 is 11.8 Å². The molecule has 2 amide bonds. The van der Waals surface area contributed by atoms with E-state index in [9.17, 15) is 9.59 Å². The molecule has 132 valence electrons. The number of likely N-dealkylation sites (tertiary alicyclic amines) is 2. The summed E-state index contributed by atoms with van der Waals surface area (Å²) in [6.07, 6.45) is 4.92. The number of hydrogen-bond acceptors (Lipinski definition) is 3. The third kappa shape index (κ3) is 3.32. The van der Waals surface area contributed by atoms with Crippen LogP contribution in [0.5, 0.6) is 0 Å². The molecule has 0 saturated carbocycles. The van der Waals surface area contributed by atoms with Crippen LogP contribution in [-0.4, -0.2) is 56.6 Å². The molecule has 1 aromatic heterocycles. The van der Waals surface area contributed by atoms with Crippen molar-refractivity contribution in [1.82, 2.24) is 19.6 Å². The van der Waals surface area contributed by atoms with E-state index in [0.29, 0.717) is 6.54 Å². The second-order valence-electron chi connectivity index (χ2n) is 7.16. The van der Waals surface area contributed by atoms with Crippen LogP contribution in [0.25, 0.3) is 0 Å². The van der Waals surface area contributed by atoms with Gasteiger partial charge in [-0.25, -0.2) is 0 Å². The van der Waals surface area contributed by atoms with Crippen LogP contribution in [0, 0.1) is 13.8 Å². The van der Waals surface area contributed by atoms with E-state index in [1.165, 1.54) is 0 Å². The molecule has 2 saturated heterocycles. The summed E-state index contributed by atoms with van der Waals surface area (Å²) in [5, 5.41) is 4.55. The molecule has 0 aromatic carbocycles. The van der Waals surface area contributed by atoms with Crippen LogP contribution in [0.1, 0.15) is 50.4 Å². The van der Waals surface area contributed by atoms with Crippen molar-refractivity contribution in [3.8, 4) is 0 Å². The van der Waals surface area contributed by atoms with Gasteiger partial charge in [-0.15, -0.1) is 0 Å². The molecule has 3 rings (SSSR count). The Balaban J connectivity index is 1.75. The van der Waals surface area contributed by atoms with Crippen LogP contribution < -0.4 is 0 Å². The summed E-state index contributed by atoms with van der Waals surface area (Å²) >= 11 is 0. The minimum absolute atomic E-state index is 0.0120. The van der Waals surface area contributed by atoms with E-state index in [1.807, 2.05) is 16.5 Å². The summed E-state index contributed by atoms with van der Waals surface area (Å²) in [7, 11) is 0. The van der Waals surface area contributed by atoms with Gasteiger partial charge in [0, 0.05) is 25.7 Å². The van der Waals surface area contributed by atoms with E-state index in [4.69, 9.17) is 0 Å². The summed E-state index contributed by atoms with van der Waals surface area (Å²) in [6, 6.07) is 1.99. The molecule has 3 heterocycles. The number of piperidine rings is 1. The van der Waals surface area contributed by atoms with Crippen molar-refractivity contribution in [2.24, 2.45) is 0 Å². The third-order valence-corrected chi connectivity index (χ3v) is 5.34. The molecule has 2 aliphatic heterocycles. The predicted molar refractivity (Wildman–Crippen MR) is 91.5 cm³/mol. The zero-order chi connectivity index (χ0) is 17.3. The Kier molecular flexibility index (Phi) is 4.92. The van der Waals surface area contributed by atoms with Gasteiger partial charge in [0.25, 0.3) is 0 Å². The van der Waals surface area contributed by atoms with E-state index in [2.05, 4.69) is 18.1 Å². The number of aromatic nitrogens is 2. The first kappa shape index (κ1) is 17.0. The van der Waals surface area contributed by atoms with Crippen molar-refractivity contribution in [3.63, 3.8) is 0 Å². The van der Waals surface area contributed by atoms with E-state index in [-0.39, 0.29) is 23.9 Å². The second-order valence-corrected chi connectivity index (χ2v) is 7.16. The van der Waals surface area contributed by atoms with Gasteiger partial charge in [0.1, 0.15) is 6.04 Å². The van der Waals surface area contributed by atoms with Crippen molar-refractivity contribution in [1.29, 1.82) is 0 Å². The quantitative estimate of drug-likeness (QED) is 0.849. The summed E-state index contributed by atoms with van der Waals surface area (Å²) < 4.78 is 2.02. The number of carbonyl (C=O) groups excluding carboxylic acids is 2. The van der Waals surface area contributed by atoms with E-state index >= 15 is 0 Å². The smallest absolute Gasteiger partial charge is 0.245 e. The van der Waals surface area contributed by atoms with Crippen LogP contribution in [0.15, 0.2) is 6.07 Å². The third-order valence-electron chi connectivity index (χ3n) is 5.34. The first-order valence-electron chi connectivity index (χ1n) is 9.06. The number of nitrogens with zero attached hydrogens (tertiary/aromatic N) is 4. The molecule has 0 N–H and O–H groups in total. The van der Waals surface area contributed by atoms with Crippen LogP contribution >= 0.6 is 0 Å². The van der Waals surface area contributed by atoms with Gasteiger partial charge < -0.3 is 9.80 Å². The minimum atomic E-state index is -0.261. The molecule has 6 nitrogen and oxygen atoms in total. The Labute approximate surface area is 143 Å². The molecular formula is C18H28N4O2. The molecule has 2 aliphatic rings. The molecule has 2 atom stereocenters. The van der Waals surface area contributed by atoms with Crippen LogP contribution in [0.4, 0.5) is 0 Å². The molecule has 24 heavy (non-hydrogen) atoms. The standard InChI is InChI=1S/C18H28N4O2/c1-13-11-14(2)22(19-13)12-16-7-4-5-9-21(16)18(24)17-8-6-10-20(17)15(3)23/h11,16-17H,4-10,12H2,1-3H3/t16-,17+/m0/s1. The van der Waals surface area contributed by atoms with E-state index in [1.54, 1.807) is 11.8 Å². The lowest BCUT2D eigenvalue weighted by Gasteiger charge is -2.38. The zero-order valence-corrected chi connectivity index (χ0v) is 15.0. The van der Waals surface area contributed by atoms with Gasteiger partial charge in [-0.3, -0.25) is 14.3 Å². The van der Waals surface area contributed by atoms with Crippen LogP contribution in [0.3, 0.4) is 0 Å². The molecular weight excluding hydrogens is 304 g/mol. The van der Waals surface area contributed by atoms with Gasteiger partial charge in [0.15, 0.2) is 0 Å². The van der Waals surface area contributed by atoms with Gasteiger partial charge in [-0.05, 0) is 52.0 Å². The second kappa shape index (κ2) is 6.95. The fourth-order valence-corrected chi connectivity index (χ4v) is 4.13. The molecule has 0 spiro atoms. The first-order chi connectivity index (χ1) is 11.5. The maximum absolute atomic E-state index is 13.1. The minimum Gasteiger partial charge on any atom is -0.336 e. The monoisotopic (exact) mass is 332 g/mol. The summed E-state index contributed by atoms with van der Waals surface area (Å²) in [6.45, 7) is 7.88. The normalized spacial score (nSPS) is 24.5. The maximum atomic E-state index is 13.1. The molecule has 0 radical (unpaired) electrons. The fraction of sp³-hybridized carbons (Fsp3) is 0.722. The van der Waals surface area contributed by atoms with E-state index < -0.39 is 0 Å². The Bertz CT molecular complexity index is 625. The fourth-order valence-electron chi connectivity index (χ4n) is 4.13. The van der Waals surface area contributed by atoms with Gasteiger partial charge in [0.05, 0.1) is 18.3 Å². The van der Waals surface area contributed by atoms with Crippen molar-refractivity contribution in [2.75, 3.05) is 13.1 Å².